The summed E-state index contributed by atoms with van der Waals surface area (Å²) in [6.07, 6.45) is 0.738. The van der Waals surface area contributed by atoms with Gasteiger partial charge in [0.05, 0.1) is 11.4 Å². The van der Waals surface area contributed by atoms with Crippen molar-refractivity contribution >= 4 is 29.2 Å². The molecule has 0 aliphatic heterocycles. The number of hydrogen-bond acceptors (Lipinski definition) is 3. The van der Waals surface area contributed by atoms with Gasteiger partial charge in [-0.25, -0.2) is 4.68 Å². The van der Waals surface area contributed by atoms with Crippen LogP contribution in [0.3, 0.4) is 0 Å². The first-order valence-electron chi connectivity index (χ1n) is 11.1. The number of amides is 2. The molecule has 0 aliphatic rings. The van der Waals surface area contributed by atoms with E-state index in [0.29, 0.717) is 22.9 Å². The number of aryl methyl sites for hydroxylation is 1. The quantitative estimate of drug-likeness (QED) is 0.491. The van der Waals surface area contributed by atoms with Crippen molar-refractivity contribution in [2.24, 2.45) is 0 Å². The maximum absolute atomic E-state index is 13.0. The van der Waals surface area contributed by atoms with Gasteiger partial charge in [0, 0.05) is 28.6 Å². The molecule has 2 aromatic carbocycles. The second-order valence-corrected chi connectivity index (χ2v) is 9.63. The number of nitrogens with zero attached hydrogens (tertiary/aromatic N) is 3. The lowest BCUT2D eigenvalue weighted by Crippen LogP contribution is -2.38. The van der Waals surface area contributed by atoms with Crippen molar-refractivity contribution in [1.29, 1.82) is 0 Å². The zero-order chi connectivity index (χ0) is 24.2. The molecular weight excluding hydrogens is 436 g/mol. The Balaban J connectivity index is 1.84. The van der Waals surface area contributed by atoms with E-state index in [4.69, 9.17) is 16.7 Å². The summed E-state index contributed by atoms with van der Waals surface area (Å²) in [6.45, 7) is 10.6. The molecule has 0 aliphatic carbocycles. The van der Waals surface area contributed by atoms with Crippen LogP contribution < -0.4 is 5.32 Å². The summed E-state index contributed by atoms with van der Waals surface area (Å²) in [5, 5.41) is 8.28. The molecular formula is C26H31ClN4O2. The van der Waals surface area contributed by atoms with Crippen molar-refractivity contribution in [2.75, 3.05) is 18.4 Å². The molecule has 1 heterocycles. The van der Waals surface area contributed by atoms with Gasteiger partial charge in [-0.3, -0.25) is 9.59 Å². The summed E-state index contributed by atoms with van der Waals surface area (Å²) >= 11 is 5.94. The van der Waals surface area contributed by atoms with Crippen LogP contribution in [-0.2, 0) is 10.2 Å². The Morgan fingerprint density at radius 3 is 2.27 bits per heavy atom. The number of carbonyl (C=O) groups is 2. The van der Waals surface area contributed by atoms with Crippen molar-refractivity contribution < 1.29 is 9.59 Å². The van der Waals surface area contributed by atoms with Crippen LogP contribution in [0.1, 0.15) is 55.7 Å². The molecule has 3 rings (SSSR count). The highest BCUT2D eigenvalue weighted by molar-refractivity contribution is 6.30. The van der Waals surface area contributed by atoms with E-state index in [1.54, 1.807) is 33.8 Å². The van der Waals surface area contributed by atoms with E-state index in [1.807, 2.05) is 44.2 Å². The summed E-state index contributed by atoms with van der Waals surface area (Å²) in [6, 6.07) is 16.5. The van der Waals surface area contributed by atoms with Crippen LogP contribution in [0.15, 0.2) is 54.6 Å². The van der Waals surface area contributed by atoms with Gasteiger partial charge in [-0.1, -0.05) is 57.0 Å². The first-order valence-corrected chi connectivity index (χ1v) is 11.5. The van der Waals surface area contributed by atoms with Gasteiger partial charge in [0.1, 0.15) is 12.4 Å². The van der Waals surface area contributed by atoms with E-state index in [1.165, 1.54) is 0 Å². The highest BCUT2D eigenvalue weighted by Gasteiger charge is 2.23. The Kier molecular flexibility index (Phi) is 7.59. The summed E-state index contributed by atoms with van der Waals surface area (Å²) < 4.78 is 1.74. The van der Waals surface area contributed by atoms with Gasteiger partial charge >= 0.3 is 0 Å². The molecule has 0 saturated heterocycles. The summed E-state index contributed by atoms with van der Waals surface area (Å²) in [7, 11) is 0. The molecule has 1 N–H and O–H groups in total. The fraction of sp³-hybridized carbons (Fsp3) is 0.346. The van der Waals surface area contributed by atoms with Crippen LogP contribution in [0.25, 0.3) is 5.69 Å². The van der Waals surface area contributed by atoms with E-state index < -0.39 is 0 Å². The van der Waals surface area contributed by atoms with Gasteiger partial charge < -0.3 is 10.2 Å². The minimum Gasteiger partial charge on any atom is -0.329 e. The molecule has 2 amide bonds. The summed E-state index contributed by atoms with van der Waals surface area (Å²) in [4.78, 5) is 27.5. The predicted molar refractivity (Wildman–Crippen MR) is 133 cm³/mol. The van der Waals surface area contributed by atoms with E-state index >= 15 is 0 Å². The van der Waals surface area contributed by atoms with E-state index in [0.717, 1.165) is 23.4 Å². The average Bonchev–Trinajstić information content (AvgIpc) is 3.18. The van der Waals surface area contributed by atoms with Gasteiger partial charge in [-0.05, 0) is 49.7 Å². The number of aromatic nitrogens is 2. The maximum Gasteiger partial charge on any atom is 0.254 e. The normalized spacial score (nSPS) is 11.3. The zero-order valence-corrected chi connectivity index (χ0v) is 20.6. The van der Waals surface area contributed by atoms with Crippen LogP contribution in [0.2, 0.25) is 5.02 Å². The molecule has 7 heteroatoms. The maximum atomic E-state index is 13.0. The van der Waals surface area contributed by atoms with E-state index in [2.05, 4.69) is 26.1 Å². The first-order chi connectivity index (χ1) is 15.6. The number of anilines is 1. The molecule has 0 spiro atoms. The number of carbonyl (C=O) groups excluding carboxylic acids is 2. The molecule has 0 atom stereocenters. The van der Waals surface area contributed by atoms with Crippen LogP contribution in [0, 0.1) is 6.92 Å². The van der Waals surface area contributed by atoms with Crippen molar-refractivity contribution in [3.8, 4) is 5.69 Å². The van der Waals surface area contributed by atoms with Crippen molar-refractivity contribution in [3.05, 3.63) is 76.4 Å². The van der Waals surface area contributed by atoms with E-state index in [9.17, 15) is 9.59 Å². The molecule has 33 heavy (non-hydrogen) atoms. The molecule has 1 aromatic heterocycles. The smallest absolute Gasteiger partial charge is 0.254 e. The van der Waals surface area contributed by atoms with Crippen molar-refractivity contribution in [1.82, 2.24) is 14.7 Å². The van der Waals surface area contributed by atoms with Crippen LogP contribution in [0.4, 0.5) is 5.82 Å². The Labute approximate surface area is 200 Å². The molecule has 6 nitrogen and oxygen atoms in total. The zero-order valence-electron chi connectivity index (χ0n) is 19.9. The lowest BCUT2D eigenvalue weighted by Gasteiger charge is -2.22. The third-order valence-corrected chi connectivity index (χ3v) is 5.48. The largest absolute Gasteiger partial charge is 0.329 e. The number of benzene rings is 2. The van der Waals surface area contributed by atoms with Crippen molar-refractivity contribution in [2.45, 2.75) is 46.5 Å². The fourth-order valence-electron chi connectivity index (χ4n) is 3.37. The summed E-state index contributed by atoms with van der Waals surface area (Å²) in [5.74, 6) is 0.0924. The van der Waals surface area contributed by atoms with E-state index in [-0.39, 0.29) is 23.8 Å². The predicted octanol–water partition coefficient (Wildman–Crippen LogP) is 5.62. The third kappa shape index (κ3) is 6.23. The van der Waals surface area contributed by atoms with Gasteiger partial charge in [-0.2, -0.15) is 5.10 Å². The molecule has 3 aromatic rings. The molecule has 0 saturated carbocycles. The van der Waals surface area contributed by atoms with Gasteiger partial charge in [0.2, 0.25) is 5.91 Å². The molecule has 0 unspecified atom stereocenters. The Morgan fingerprint density at radius 2 is 1.70 bits per heavy atom. The first kappa shape index (κ1) is 24.5. The molecule has 0 fully saturated rings. The number of nitrogens with one attached hydrogen (secondary N) is 1. The fourth-order valence-corrected chi connectivity index (χ4v) is 3.50. The van der Waals surface area contributed by atoms with Crippen LogP contribution in [0.5, 0.6) is 0 Å². The average molecular weight is 467 g/mol. The number of hydrogen-bond donors (Lipinski definition) is 1. The second kappa shape index (κ2) is 10.2. The SMILES string of the molecule is CCCN(CC(=O)Nc1cc(C(C)(C)C)nn1-c1ccc(C)cc1)C(=O)c1ccc(Cl)cc1. The van der Waals surface area contributed by atoms with Crippen molar-refractivity contribution in [3.63, 3.8) is 0 Å². The summed E-state index contributed by atoms with van der Waals surface area (Å²) in [5.41, 5.74) is 3.17. The lowest BCUT2D eigenvalue weighted by atomic mass is 9.92. The Morgan fingerprint density at radius 1 is 1.06 bits per heavy atom. The number of rotatable bonds is 7. The Hall–Kier alpha value is -3.12. The van der Waals surface area contributed by atoms with Crippen LogP contribution >= 0.6 is 11.6 Å². The lowest BCUT2D eigenvalue weighted by molar-refractivity contribution is -0.116. The topological polar surface area (TPSA) is 67.2 Å². The highest BCUT2D eigenvalue weighted by atomic mass is 35.5. The monoisotopic (exact) mass is 466 g/mol. The molecule has 0 bridgehead atoms. The second-order valence-electron chi connectivity index (χ2n) is 9.19. The highest BCUT2D eigenvalue weighted by Crippen LogP contribution is 2.26. The van der Waals surface area contributed by atoms with Crippen LogP contribution in [-0.4, -0.2) is 39.6 Å². The van der Waals surface area contributed by atoms with Gasteiger partial charge in [-0.15, -0.1) is 0 Å². The minimum atomic E-state index is -0.278. The third-order valence-electron chi connectivity index (χ3n) is 5.23. The standard InChI is InChI=1S/C26H31ClN4O2/c1-6-15-30(25(33)19-9-11-20(27)12-10-19)17-24(32)28-23-16-22(26(3,4)5)29-31(23)21-13-7-18(2)8-14-21/h7-14,16H,6,15,17H2,1-5H3,(H,28,32). The number of halogens is 1. The van der Waals surface area contributed by atoms with Gasteiger partial charge in [0.15, 0.2) is 0 Å². The Bertz CT molecular complexity index is 1110. The molecule has 0 radical (unpaired) electrons. The molecule has 174 valence electrons. The van der Waals surface area contributed by atoms with Gasteiger partial charge in [0.25, 0.3) is 5.91 Å². The minimum absolute atomic E-state index is 0.0563.